The number of alkyl halides is 3. The first kappa shape index (κ1) is 20.6. The lowest BCUT2D eigenvalue weighted by Gasteiger charge is -2.23. The molecule has 1 fully saturated rings. The van der Waals surface area contributed by atoms with Gasteiger partial charge in [-0.25, -0.2) is 0 Å². The first-order valence-electron chi connectivity index (χ1n) is 7.78. The Labute approximate surface area is 124 Å². The van der Waals surface area contributed by atoms with Crippen LogP contribution in [-0.2, 0) is 0 Å². The lowest BCUT2D eigenvalue weighted by Crippen LogP contribution is -2.29. The van der Waals surface area contributed by atoms with Crippen molar-refractivity contribution >= 4 is 0 Å². The highest BCUT2D eigenvalue weighted by Gasteiger charge is 2.43. The van der Waals surface area contributed by atoms with Crippen LogP contribution >= 0.6 is 0 Å². The Morgan fingerprint density at radius 1 is 1.00 bits per heavy atom. The van der Waals surface area contributed by atoms with Gasteiger partial charge in [0.15, 0.2) is 0 Å². The van der Waals surface area contributed by atoms with Crippen molar-refractivity contribution in [2.24, 2.45) is 0 Å². The molecule has 0 aliphatic carbocycles. The summed E-state index contributed by atoms with van der Waals surface area (Å²) in [6.07, 6.45) is 2.49. The molecule has 0 aromatic heterocycles. The monoisotopic (exact) mass is 316 g/mol. The van der Waals surface area contributed by atoms with Gasteiger partial charge in [-0.3, -0.25) is 0 Å². The molecule has 1 heterocycles. The van der Waals surface area contributed by atoms with E-state index in [1.165, 1.54) is 64.5 Å². The van der Waals surface area contributed by atoms with E-state index in [0.717, 1.165) is 6.04 Å². The Kier molecular flexibility index (Phi) is 11.0. The average Bonchev–Trinajstić information content (AvgIpc) is 2.92. The molecule has 0 amide bonds. The number of likely N-dealkylation sites (tertiary alicyclic amines) is 1. The molecule has 0 N–H and O–H groups in total. The summed E-state index contributed by atoms with van der Waals surface area (Å²) in [5.74, 6) is 0. The first-order valence-corrected chi connectivity index (χ1v) is 7.78. The summed E-state index contributed by atoms with van der Waals surface area (Å²) >= 11 is 0. The van der Waals surface area contributed by atoms with Crippen molar-refractivity contribution < 1.29 is 22.0 Å². The number of unbranched alkanes of at least 4 members (excludes halogenated alkanes) is 4. The Morgan fingerprint density at radius 2 is 1.48 bits per heavy atom. The minimum Gasteiger partial charge on any atom is -0.301 e. The maximum atomic E-state index is 10.4. The summed E-state index contributed by atoms with van der Waals surface area (Å²) in [6.45, 7) is 7.41. The molecule has 1 aliphatic rings. The highest BCUT2D eigenvalue weighted by atomic mass is 19.4. The van der Waals surface area contributed by atoms with E-state index < -0.39 is 12.6 Å². The van der Waals surface area contributed by atoms with Gasteiger partial charge in [0.05, 0.1) is 0 Å². The third kappa shape index (κ3) is 10.9. The van der Waals surface area contributed by atoms with E-state index in [1.807, 2.05) is 0 Å². The molecule has 1 nitrogen and oxygen atoms in total. The second kappa shape index (κ2) is 11.2. The Hall–Kier alpha value is -0.390. The number of hydrogen-bond acceptors (Lipinski definition) is 1. The van der Waals surface area contributed by atoms with E-state index in [1.54, 1.807) is 0 Å². The summed E-state index contributed by atoms with van der Waals surface area (Å²) in [4.78, 5) is 2.67. The number of rotatable bonds is 7. The fourth-order valence-corrected chi connectivity index (χ4v) is 2.41. The lowest BCUT2D eigenvalue weighted by molar-refractivity contribution is -0.165. The van der Waals surface area contributed by atoms with Crippen molar-refractivity contribution in [1.29, 1.82) is 0 Å². The summed E-state index contributed by atoms with van der Waals surface area (Å²) in [5.41, 5.74) is 0. The second-order valence-corrected chi connectivity index (χ2v) is 5.55. The molecule has 21 heavy (non-hydrogen) atoms. The smallest absolute Gasteiger partial charge is 0.301 e. The molecule has 6 heteroatoms. The maximum Gasteiger partial charge on any atom is 0.460 e. The van der Waals surface area contributed by atoms with Crippen LogP contribution < -0.4 is 0 Å². The molecule has 1 radical (unpaired) electrons. The lowest BCUT2D eigenvalue weighted by atomic mass is 10.1. The fraction of sp³-hybridized carbons (Fsp3) is 0.933. The van der Waals surface area contributed by atoms with Gasteiger partial charge in [-0.1, -0.05) is 39.0 Å². The van der Waals surface area contributed by atoms with Gasteiger partial charge in [0.25, 0.3) is 0 Å². The SMILES string of the molecule is CCCCCCC[C@H](C)N1CCCC1.F[C](F)C(F)(F)F. The highest BCUT2D eigenvalue weighted by molar-refractivity contribution is 4.72. The zero-order valence-corrected chi connectivity index (χ0v) is 13.0. The first-order chi connectivity index (χ1) is 9.79. The predicted octanol–water partition coefficient (Wildman–Crippen LogP) is 5.81. The van der Waals surface area contributed by atoms with Crippen molar-refractivity contribution in [3.05, 3.63) is 6.43 Å². The Balaban J connectivity index is 0.000000486. The summed E-state index contributed by atoms with van der Waals surface area (Å²) < 4.78 is 51.8. The molecule has 0 saturated carbocycles. The van der Waals surface area contributed by atoms with Crippen LogP contribution in [0, 0.1) is 6.43 Å². The zero-order chi connectivity index (χ0) is 16.3. The number of nitrogens with zero attached hydrogens (tertiary/aromatic N) is 1. The minimum absolute atomic E-state index is 0.846. The average molecular weight is 316 g/mol. The van der Waals surface area contributed by atoms with Crippen molar-refractivity contribution in [1.82, 2.24) is 4.90 Å². The quantitative estimate of drug-likeness (QED) is 0.423. The zero-order valence-electron chi connectivity index (χ0n) is 13.0. The van der Waals surface area contributed by atoms with Crippen LogP contribution in [0.2, 0.25) is 0 Å². The highest BCUT2D eigenvalue weighted by Crippen LogP contribution is 2.29. The van der Waals surface area contributed by atoms with E-state index in [9.17, 15) is 22.0 Å². The van der Waals surface area contributed by atoms with Gasteiger partial charge in [0.2, 0.25) is 0 Å². The van der Waals surface area contributed by atoms with Gasteiger partial charge in [0.1, 0.15) is 0 Å². The van der Waals surface area contributed by atoms with E-state index >= 15 is 0 Å². The van der Waals surface area contributed by atoms with Crippen LogP contribution in [-0.4, -0.2) is 30.2 Å². The van der Waals surface area contributed by atoms with Gasteiger partial charge in [0, 0.05) is 6.04 Å². The third-order valence-corrected chi connectivity index (χ3v) is 3.70. The van der Waals surface area contributed by atoms with Crippen LogP contribution in [0.4, 0.5) is 22.0 Å². The summed E-state index contributed by atoms with van der Waals surface area (Å²) in [6, 6.07) is 0.846. The van der Waals surface area contributed by atoms with E-state index in [2.05, 4.69) is 18.7 Å². The molecule has 1 atom stereocenters. The molecule has 0 bridgehead atoms. The van der Waals surface area contributed by atoms with Gasteiger partial charge < -0.3 is 4.90 Å². The van der Waals surface area contributed by atoms with Crippen molar-refractivity contribution in [3.63, 3.8) is 0 Å². The standard InChI is InChI=1S/C13H27N.C2F5/c1-3-4-5-6-7-10-13(2)14-11-8-9-12-14;3-1(4)2(5,6)7/h13H,3-12H2,1-2H3;/t13-;/m0./s1. The topological polar surface area (TPSA) is 3.24 Å². The van der Waals surface area contributed by atoms with Crippen molar-refractivity contribution in [2.45, 2.75) is 77.4 Å². The molecule has 0 aromatic rings. The molecule has 1 aliphatic heterocycles. The maximum absolute atomic E-state index is 10.4. The van der Waals surface area contributed by atoms with E-state index in [-0.39, 0.29) is 0 Å². The van der Waals surface area contributed by atoms with Crippen LogP contribution in [0.3, 0.4) is 0 Å². The van der Waals surface area contributed by atoms with E-state index in [4.69, 9.17) is 0 Å². The minimum atomic E-state index is -5.42. The van der Waals surface area contributed by atoms with Crippen molar-refractivity contribution in [2.75, 3.05) is 13.1 Å². The molecule has 1 saturated heterocycles. The third-order valence-electron chi connectivity index (χ3n) is 3.70. The van der Waals surface area contributed by atoms with Crippen molar-refractivity contribution in [3.8, 4) is 0 Å². The van der Waals surface area contributed by atoms with Crippen LogP contribution in [0.5, 0.6) is 0 Å². The Morgan fingerprint density at radius 3 is 1.90 bits per heavy atom. The number of halogens is 5. The normalized spacial score (nSPS) is 17.7. The molecule has 0 unspecified atom stereocenters. The van der Waals surface area contributed by atoms with Gasteiger partial charge in [-0.2, -0.15) is 22.0 Å². The number of hydrogen-bond donors (Lipinski definition) is 0. The van der Waals surface area contributed by atoms with Crippen LogP contribution in [0.25, 0.3) is 0 Å². The Bertz CT molecular complexity index is 237. The molecular formula is C15H27F5N. The molecule has 0 spiro atoms. The van der Waals surface area contributed by atoms with Crippen LogP contribution in [0.1, 0.15) is 65.2 Å². The van der Waals surface area contributed by atoms with Gasteiger partial charge in [-0.05, 0) is 39.3 Å². The molecule has 0 aromatic carbocycles. The fourth-order valence-electron chi connectivity index (χ4n) is 2.41. The molecular weight excluding hydrogens is 289 g/mol. The van der Waals surface area contributed by atoms with Gasteiger partial charge >= 0.3 is 12.6 Å². The molecule has 127 valence electrons. The van der Waals surface area contributed by atoms with E-state index in [0.29, 0.717) is 0 Å². The summed E-state index contributed by atoms with van der Waals surface area (Å²) in [5, 5.41) is 0. The van der Waals surface area contributed by atoms with Gasteiger partial charge in [-0.15, -0.1) is 0 Å². The second-order valence-electron chi connectivity index (χ2n) is 5.55. The molecule has 1 rings (SSSR count). The summed E-state index contributed by atoms with van der Waals surface area (Å²) in [7, 11) is 0. The largest absolute Gasteiger partial charge is 0.460 e. The van der Waals surface area contributed by atoms with Crippen LogP contribution in [0.15, 0.2) is 0 Å². The predicted molar refractivity (Wildman–Crippen MR) is 75.2 cm³/mol.